The fourth-order valence-corrected chi connectivity index (χ4v) is 10.2. The Kier molecular flexibility index (Phi) is 10.3. The van der Waals surface area contributed by atoms with Crippen molar-refractivity contribution < 1.29 is 27.9 Å². The highest BCUT2D eigenvalue weighted by atomic mass is 127. The maximum atomic E-state index is 14.7. The molecule has 1 heterocycles. The van der Waals surface area contributed by atoms with Crippen molar-refractivity contribution in [2.75, 3.05) is 13.2 Å². The largest absolute Gasteiger partial charge is 0.405 e. The zero-order chi connectivity index (χ0) is 29.2. The lowest BCUT2D eigenvalue weighted by Crippen LogP contribution is -2.72. The van der Waals surface area contributed by atoms with Crippen LogP contribution in [-0.4, -0.2) is 53.2 Å². The van der Waals surface area contributed by atoms with Gasteiger partial charge < -0.3 is 15.3 Å². The van der Waals surface area contributed by atoms with Crippen molar-refractivity contribution in [1.29, 1.82) is 0 Å². The summed E-state index contributed by atoms with van der Waals surface area (Å²) in [5.41, 5.74) is 0.164. The Bertz CT molecular complexity index is 974. The highest BCUT2D eigenvalue weighted by molar-refractivity contribution is 14.1. The summed E-state index contributed by atoms with van der Waals surface area (Å²) >= 11 is 2.41. The first-order valence-corrected chi connectivity index (χ1v) is 17.4. The second-order valence-corrected chi connectivity index (χ2v) is 15.0. The zero-order valence-corrected chi connectivity index (χ0v) is 26.5. The molecule has 0 spiro atoms. The van der Waals surface area contributed by atoms with Crippen molar-refractivity contribution in [2.24, 2.45) is 29.1 Å². The average Bonchev–Trinajstić information content (AvgIpc) is 2.98. The van der Waals surface area contributed by atoms with E-state index in [2.05, 4.69) is 32.8 Å². The first kappa shape index (κ1) is 31.6. The maximum absolute atomic E-state index is 14.7. The van der Waals surface area contributed by atoms with Crippen LogP contribution in [0.4, 0.5) is 13.2 Å². The number of aliphatic hydroxyl groups is 1. The van der Waals surface area contributed by atoms with Gasteiger partial charge in [0.2, 0.25) is 11.8 Å². The third kappa shape index (κ3) is 6.65. The number of piperidine rings is 1. The highest BCUT2D eigenvalue weighted by Gasteiger charge is 2.64. The van der Waals surface area contributed by atoms with Crippen LogP contribution in [0.1, 0.15) is 116 Å². The molecule has 2 amide bonds. The number of likely N-dealkylation sites (tertiary alicyclic amines) is 1. The van der Waals surface area contributed by atoms with E-state index in [1.165, 1.54) is 9.15 Å². The summed E-state index contributed by atoms with van der Waals surface area (Å²) in [6, 6.07) is -0.349. The minimum atomic E-state index is -4.50. The van der Waals surface area contributed by atoms with Gasteiger partial charge in [-0.25, -0.2) is 0 Å². The minimum absolute atomic E-state index is 0.0463. The lowest BCUT2D eigenvalue weighted by Gasteiger charge is -2.62. The molecular formula is C32H48F3IN2O3. The van der Waals surface area contributed by atoms with Crippen molar-refractivity contribution in [1.82, 2.24) is 10.2 Å². The van der Waals surface area contributed by atoms with Gasteiger partial charge >= 0.3 is 6.18 Å². The number of nitrogens with one attached hydrogen (secondary N) is 1. The Hall–Kier alpha value is -0.840. The van der Waals surface area contributed by atoms with Gasteiger partial charge in [0.05, 0.1) is 5.41 Å². The van der Waals surface area contributed by atoms with E-state index in [1.54, 1.807) is 0 Å². The van der Waals surface area contributed by atoms with Gasteiger partial charge in [-0.05, 0) is 127 Å². The van der Waals surface area contributed by atoms with Gasteiger partial charge in [0.25, 0.3) is 0 Å². The number of hydrogen-bond donors (Lipinski definition) is 2. The number of allylic oxidation sites excluding steroid dienone is 2. The molecule has 5 aliphatic rings. The minimum Gasteiger partial charge on any atom is -0.396 e. The van der Waals surface area contributed by atoms with Gasteiger partial charge in [-0.15, -0.1) is 0 Å². The molecule has 4 fully saturated rings. The lowest BCUT2D eigenvalue weighted by molar-refractivity contribution is -0.185. The fraction of sp³-hybridized carbons (Fsp3) is 0.875. The SMILES string of the molecule is O=C1C2CCCCC2[C@](CC2=C(I)CCCC2)(C(=O)NCC(F)(F)F)[C@H](C2CCC(CO)CC2)N1C1CCCCC1. The van der Waals surface area contributed by atoms with E-state index in [4.69, 9.17) is 0 Å². The summed E-state index contributed by atoms with van der Waals surface area (Å²) in [6.07, 6.45) is 11.5. The first-order valence-electron chi connectivity index (χ1n) is 16.3. The molecule has 1 saturated heterocycles. The van der Waals surface area contributed by atoms with Gasteiger partial charge in [0.1, 0.15) is 6.54 Å². The van der Waals surface area contributed by atoms with E-state index < -0.39 is 30.1 Å². The molecule has 232 valence electrons. The average molecular weight is 693 g/mol. The molecule has 41 heavy (non-hydrogen) atoms. The Balaban J connectivity index is 1.67. The number of halogens is 4. The molecule has 0 aromatic carbocycles. The summed E-state index contributed by atoms with van der Waals surface area (Å²) in [4.78, 5) is 31.4. The number of carbonyl (C=O) groups excluding carboxylic acids is 2. The van der Waals surface area contributed by atoms with Gasteiger partial charge in [-0.3, -0.25) is 9.59 Å². The van der Waals surface area contributed by atoms with E-state index in [-0.39, 0.29) is 42.2 Å². The third-order valence-corrected chi connectivity index (χ3v) is 12.6. The van der Waals surface area contributed by atoms with Crippen LogP contribution in [-0.2, 0) is 9.59 Å². The molecule has 2 unspecified atom stereocenters. The van der Waals surface area contributed by atoms with Crippen LogP contribution < -0.4 is 5.32 Å². The van der Waals surface area contributed by atoms with E-state index in [9.17, 15) is 27.9 Å². The number of rotatable bonds is 7. The smallest absolute Gasteiger partial charge is 0.396 e. The summed E-state index contributed by atoms with van der Waals surface area (Å²) in [6.45, 7) is -1.20. The number of fused-ring (bicyclic) bond motifs is 1. The van der Waals surface area contributed by atoms with Crippen molar-refractivity contribution in [3.8, 4) is 0 Å². The van der Waals surface area contributed by atoms with Crippen molar-refractivity contribution in [2.45, 2.75) is 134 Å². The normalized spacial score (nSPS) is 35.8. The molecule has 3 saturated carbocycles. The summed E-state index contributed by atoms with van der Waals surface area (Å²) < 4.78 is 42.1. The first-order chi connectivity index (χ1) is 19.7. The van der Waals surface area contributed by atoms with E-state index >= 15 is 0 Å². The maximum Gasteiger partial charge on any atom is 0.405 e. The standard InChI is InChI=1S/C32H48F3IN2O3/c33-32(34,35)20-37-30(41)31(18-23-8-4-7-13-27(23)36)26-12-6-5-11-25(26)29(40)38(24-9-2-1-3-10-24)28(31)22-16-14-21(19-39)15-17-22/h21-22,24-26,28,39H,1-20H2,(H,37,41)/t21?,22?,25?,26?,28-,31-/m0/s1. The van der Waals surface area contributed by atoms with E-state index in [0.29, 0.717) is 6.42 Å². The van der Waals surface area contributed by atoms with Gasteiger partial charge in [0, 0.05) is 24.6 Å². The van der Waals surface area contributed by atoms with Gasteiger partial charge in [0.15, 0.2) is 0 Å². The van der Waals surface area contributed by atoms with Crippen LogP contribution in [0.3, 0.4) is 0 Å². The Morgan fingerprint density at radius 2 is 1.59 bits per heavy atom. The molecule has 5 rings (SSSR count). The number of aliphatic hydroxyl groups excluding tert-OH is 1. The second kappa shape index (κ2) is 13.4. The second-order valence-electron chi connectivity index (χ2n) is 13.7. The summed E-state index contributed by atoms with van der Waals surface area (Å²) in [7, 11) is 0. The summed E-state index contributed by atoms with van der Waals surface area (Å²) in [5.74, 6) is -0.583. The topological polar surface area (TPSA) is 69.6 Å². The van der Waals surface area contributed by atoms with Crippen LogP contribution in [0.15, 0.2) is 9.15 Å². The van der Waals surface area contributed by atoms with Gasteiger partial charge in [-0.1, -0.05) is 37.7 Å². The quantitative estimate of drug-likeness (QED) is 0.273. The molecule has 1 aliphatic heterocycles. The molecule has 0 radical (unpaired) electrons. The van der Waals surface area contributed by atoms with Gasteiger partial charge in [-0.2, -0.15) is 13.2 Å². The van der Waals surface area contributed by atoms with Crippen LogP contribution in [0, 0.1) is 29.1 Å². The summed E-state index contributed by atoms with van der Waals surface area (Å²) in [5, 5.41) is 12.3. The number of amides is 2. The van der Waals surface area contributed by atoms with Crippen LogP contribution >= 0.6 is 22.6 Å². The third-order valence-electron chi connectivity index (χ3n) is 11.3. The van der Waals surface area contributed by atoms with Crippen LogP contribution in [0.25, 0.3) is 0 Å². The van der Waals surface area contributed by atoms with Crippen LogP contribution in [0.5, 0.6) is 0 Å². The molecular weight excluding hydrogens is 644 g/mol. The number of hydrogen-bond acceptors (Lipinski definition) is 3. The Labute approximate surface area is 257 Å². The molecule has 2 N–H and O–H groups in total. The molecule has 4 aliphatic carbocycles. The van der Waals surface area contributed by atoms with Crippen molar-refractivity contribution in [3.05, 3.63) is 9.15 Å². The number of alkyl halides is 3. The number of carbonyl (C=O) groups is 2. The zero-order valence-electron chi connectivity index (χ0n) is 24.3. The van der Waals surface area contributed by atoms with Crippen LogP contribution in [0.2, 0.25) is 0 Å². The molecule has 5 nitrogen and oxygen atoms in total. The van der Waals surface area contributed by atoms with E-state index in [1.807, 2.05) is 0 Å². The lowest BCUT2D eigenvalue weighted by atomic mass is 9.51. The molecule has 0 aromatic heterocycles. The molecule has 0 aromatic rings. The number of nitrogens with zero attached hydrogens (tertiary/aromatic N) is 1. The Morgan fingerprint density at radius 1 is 0.927 bits per heavy atom. The fourth-order valence-electron chi connectivity index (χ4n) is 9.37. The molecule has 0 bridgehead atoms. The Morgan fingerprint density at radius 3 is 2.24 bits per heavy atom. The van der Waals surface area contributed by atoms with Crippen molar-refractivity contribution in [3.63, 3.8) is 0 Å². The highest BCUT2D eigenvalue weighted by Crippen LogP contribution is 2.59. The van der Waals surface area contributed by atoms with Crippen molar-refractivity contribution >= 4 is 34.4 Å². The predicted molar refractivity (Wildman–Crippen MR) is 161 cm³/mol. The molecule has 9 heteroatoms. The molecule has 4 atom stereocenters. The predicted octanol–water partition coefficient (Wildman–Crippen LogP) is 7.45. The van der Waals surface area contributed by atoms with E-state index in [0.717, 1.165) is 109 Å². The monoisotopic (exact) mass is 692 g/mol.